The van der Waals surface area contributed by atoms with Crippen LogP contribution >= 0.6 is 11.8 Å². The summed E-state index contributed by atoms with van der Waals surface area (Å²) < 4.78 is 0. The highest BCUT2D eigenvalue weighted by Crippen LogP contribution is 2.28. The predicted octanol–water partition coefficient (Wildman–Crippen LogP) is 3.43. The van der Waals surface area contributed by atoms with Crippen molar-refractivity contribution in [1.82, 2.24) is 5.32 Å². The third-order valence-corrected chi connectivity index (χ3v) is 4.59. The van der Waals surface area contributed by atoms with Crippen molar-refractivity contribution in [2.75, 3.05) is 5.75 Å². The number of hydrogen-bond donors (Lipinski definition) is 1. The second-order valence-corrected chi connectivity index (χ2v) is 7.04. The van der Waals surface area contributed by atoms with Crippen molar-refractivity contribution in [2.24, 2.45) is 10.9 Å². The van der Waals surface area contributed by atoms with Gasteiger partial charge in [-0.2, -0.15) is 0 Å². The lowest BCUT2D eigenvalue weighted by Gasteiger charge is -2.33. The van der Waals surface area contributed by atoms with Crippen LogP contribution in [0.2, 0.25) is 0 Å². The maximum atomic E-state index is 4.89. The summed E-state index contributed by atoms with van der Waals surface area (Å²) in [4.78, 5) is 4.89. The SMILES string of the molecule is CC1CCC(N=C2NC(C)(C)CCS2)CC1. The largest absolute Gasteiger partial charge is 0.360 e. The van der Waals surface area contributed by atoms with Gasteiger partial charge in [-0.1, -0.05) is 18.7 Å². The second-order valence-electron chi connectivity index (χ2n) is 5.96. The summed E-state index contributed by atoms with van der Waals surface area (Å²) >= 11 is 1.90. The summed E-state index contributed by atoms with van der Waals surface area (Å²) in [7, 11) is 0. The van der Waals surface area contributed by atoms with E-state index >= 15 is 0 Å². The molecule has 0 aromatic carbocycles. The van der Waals surface area contributed by atoms with Crippen LogP contribution in [-0.2, 0) is 0 Å². The van der Waals surface area contributed by atoms with Crippen molar-refractivity contribution in [2.45, 2.75) is 64.5 Å². The summed E-state index contributed by atoms with van der Waals surface area (Å²) in [5, 5.41) is 4.75. The van der Waals surface area contributed by atoms with Crippen molar-refractivity contribution >= 4 is 16.9 Å². The van der Waals surface area contributed by atoms with E-state index in [9.17, 15) is 0 Å². The molecule has 1 N–H and O–H groups in total. The maximum Gasteiger partial charge on any atom is 0.157 e. The van der Waals surface area contributed by atoms with Crippen LogP contribution in [0.4, 0.5) is 0 Å². The van der Waals surface area contributed by atoms with Gasteiger partial charge >= 0.3 is 0 Å². The van der Waals surface area contributed by atoms with Crippen molar-refractivity contribution in [3.8, 4) is 0 Å². The molecule has 3 heteroatoms. The fourth-order valence-electron chi connectivity index (χ4n) is 2.40. The Hall–Kier alpha value is -0.180. The zero-order valence-electron chi connectivity index (χ0n) is 10.8. The fraction of sp³-hybridized carbons (Fsp3) is 0.923. The van der Waals surface area contributed by atoms with Crippen LogP contribution in [0.1, 0.15) is 52.9 Å². The van der Waals surface area contributed by atoms with Crippen LogP contribution < -0.4 is 5.32 Å². The first-order valence-electron chi connectivity index (χ1n) is 6.54. The Morgan fingerprint density at radius 3 is 2.56 bits per heavy atom. The number of nitrogens with zero attached hydrogens (tertiary/aromatic N) is 1. The normalized spacial score (nSPS) is 37.1. The quantitative estimate of drug-likeness (QED) is 0.759. The van der Waals surface area contributed by atoms with Gasteiger partial charge in [0.2, 0.25) is 0 Å². The van der Waals surface area contributed by atoms with E-state index in [1.54, 1.807) is 0 Å². The molecule has 0 unspecified atom stereocenters. The molecule has 16 heavy (non-hydrogen) atoms. The summed E-state index contributed by atoms with van der Waals surface area (Å²) in [5.74, 6) is 2.13. The molecule has 0 amide bonds. The van der Waals surface area contributed by atoms with Crippen LogP contribution in [0, 0.1) is 5.92 Å². The molecule has 2 rings (SSSR count). The molecule has 0 radical (unpaired) electrons. The minimum Gasteiger partial charge on any atom is -0.360 e. The van der Waals surface area contributed by atoms with Gasteiger partial charge in [0.15, 0.2) is 5.17 Å². The third-order valence-electron chi connectivity index (χ3n) is 3.70. The van der Waals surface area contributed by atoms with E-state index in [0.717, 1.165) is 5.92 Å². The molecule has 2 nitrogen and oxygen atoms in total. The van der Waals surface area contributed by atoms with Gasteiger partial charge in [-0.15, -0.1) is 0 Å². The van der Waals surface area contributed by atoms with Crippen LogP contribution in [0.5, 0.6) is 0 Å². The second kappa shape index (κ2) is 4.99. The summed E-state index contributed by atoms with van der Waals surface area (Å²) in [6.45, 7) is 6.90. The van der Waals surface area contributed by atoms with Gasteiger partial charge < -0.3 is 5.32 Å². The van der Waals surface area contributed by atoms with E-state index in [1.165, 1.54) is 43.0 Å². The molecular formula is C13H24N2S. The molecular weight excluding hydrogens is 216 g/mol. The third kappa shape index (κ3) is 3.41. The molecule has 1 aliphatic heterocycles. The topological polar surface area (TPSA) is 24.4 Å². The summed E-state index contributed by atoms with van der Waals surface area (Å²) in [6, 6.07) is 0.583. The zero-order chi connectivity index (χ0) is 11.6. The molecule has 1 saturated carbocycles. The standard InChI is InChI=1S/C13H24N2S/c1-10-4-6-11(7-5-10)14-12-15-13(2,3)8-9-16-12/h10-11H,4-9H2,1-3H3,(H,14,15). The lowest BCUT2D eigenvalue weighted by Crippen LogP contribution is -2.46. The smallest absolute Gasteiger partial charge is 0.157 e. The molecule has 2 fully saturated rings. The van der Waals surface area contributed by atoms with Crippen LogP contribution in [0.15, 0.2) is 4.99 Å². The Kier molecular flexibility index (Phi) is 3.83. The van der Waals surface area contributed by atoms with Gasteiger partial charge in [-0.25, -0.2) is 0 Å². The number of nitrogens with one attached hydrogen (secondary N) is 1. The number of rotatable bonds is 1. The van der Waals surface area contributed by atoms with Gasteiger partial charge in [0.25, 0.3) is 0 Å². The van der Waals surface area contributed by atoms with Crippen LogP contribution in [-0.4, -0.2) is 22.5 Å². The summed E-state index contributed by atoms with van der Waals surface area (Å²) in [6.07, 6.45) is 6.52. The van der Waals surface area contributed by atoms with Gasteiger partial charge in [0, 0.05) is 11.3 Å². The molecule has 0 aromatic heterocycles. The van der Waals surface area contributed by atoms with Crippen LogP contribution in [0.3, 0.4) is 0 Å². The molecule has 0 aromatic rings. The maximum absolute atomic E-state index is 4.89. The molecule has 0 spiro atoms. The Balaban J connectivity index is 1.91. The first-order chi connectivity index (χ1) is 7.55. The van der Waals surface area contributed by atoms with Crippen molar-refractivity contribution < 1.29 is 0 Å². The van der Waals surface area contributed by atoms with E-state index in [0.29, 0.717) is 6.04 Å². The Morgan fingerprint density at radius 1 is 1.25 bits per heavy atom. The van der Waals surface area contributed by atoms with Crippen LogP contribution in [0.25, 0.3) is 0 Å². The Labute approximate surface area is 104 Å². The first kappa shape index (κ1) is 12.3. The molecule has 0 atom stereocenters. The highest BCUT2D eigenvalue weighted by molar-refractivity contribution is 8.13. The number of aliphatic imine (C=N–C) groups is 1. The molecule has 2 aliphatic rings. The van der Waals surface area contributed by atoms with E-state index in [2.05, 4.69) is 26.1 Å². The lowest BCUT2D eigenvalue weighted by molar-refractivity contribution is 0.348. The average Bonchev–Trinajstić information content (AvgIpc) is 2.20. The average molecular weight is 240 g/mol. The van der Waals surface area contributed by atoms with E-state index in [-0.39, 0.29) is 5.54 Å². The predicted molar refractivity (Wildman–Crippen MR) is 73.1 cm³/mol. The minimum atomic E-state index is 0.242. The summed E-state index contributed by atoms with van der Waals surface area (Å²) in [5.41, 5.74) is 0.242. The molecule has 1 aliphatic carbocycles. The molecule has 1 saturated heterocycles. The highest BCUT2D eigenvalue weighted by atomic mass is 32.2. The molecule has 0 bridgehead atoms. The van der Waals surface area contributed by atoms with E-state index in [1.807, 2.05) is 11.8 Å². The molecule has 1 heterocycles. The lowest BCUT2D eigenvalue weighted by atomic mass is 9.88. The van der Waals surface area contributed by atoms with E-state index < -0.39 is 0 Å². The van der Waals surface area contributed by atoms with Crippen molar-refractivity contribution in [1.29, 1.82) is 0 Å². The number of hydrogen-bond acceptors (Lipinski definition) is 2. The number of thioether (sulfide) groups is 1. The van der Waals surface area contributed by atoms with Gasteiger partial charge in [-0.3, -0.25) is 4.99 Å². The van der Waals surface area contributed by atoms with Gasteiger partial charge in [-0.05, 0) is 51.9 Å². The van der Waals surface area contributed by atoms with Crippen molar-refractivity contribution in [3.05, 3.63) is 0 Å². The Morgan fingerprint density at radius 2 is 1.94 bits per heavy atom. The highest BCUT2D eigenvalue weighted by Gasteiger charge is 2.25. The molecule has 92 valence electrons. The van der Waals surface area contributed by atoms with Gasteiger partial charge in [0.05, 0.1) is 6.04 Å². The van der Waals surface area contributed by atoms with Crippen molar-refractivity contribution in [3.63, 3.8) is 0 Å². The van der Waals surface area contributed by atoms with Gasteiger partial charge in [0.1, 0.15) is 0 Å². The minimum absolute atomic E-state index is 0.242. The monoisotopic (exact) mass is 240 g/mol. The van der Waals surface area contributed by atoms with E-state index in [4.69, 9.17) is 4.99 Å². The first-order valence-corrected chi connectivity index (χ1v) is 7.52. The number of amidine groups is 1. The Bertz CT molecular complexity index is 265. The fourth-order valence-corrected chi connectivity index (χ4v) is 3.78. The zero-order valence-corrected chi connectivity index (χ0v) is 11.6.